The predicted octanol–water partition coefficient (Wildman–Crippen LogP) is 7.08. The van der Waals surface area contributed by atoms with E-state index in [1.165, 1.54) is 22.3 Å². The van der Waals surface area contributed by atoms with Gasteiger partial charge in [0.05, 0.1) is 0 Å². The summed E-state index contributed by atoms with van der Waals surface area (Å²) in [4.78, 5) is 0. The minimum absolute atomic E-state index is 0. The summed E-state index contributed by atoms with van der Waals surface area (Å²) in [6.45, 7) is 9.35. The fraction of sp³-hybridized carbons (Fsp3) is 0.571. The number of benzene rings is 2. The zero-order valence-electron chi connectivity index (χ0n) is 25.9. The molecule has 0 amide bonds. The summed E-state index contributed by atoms with van der Waals surface area (Å²) < 4.78 is 0. The monoisotopic (exact) mass is 600 g/mol. The van der Waals surface area contributed by atoms with E-state index in [1.807, 2.05) is 64.1 Å². The van der Waals surface area contributed by atoms with Gasteiger partial charge in [0.25, 0.3) is 0 Å². The Bertz CT molecular complexity index is 607. The molecule has 2 N–H and O–H groups in total. The standard InChI is InChI=1S/2C10H14NO.4C2H6N.2Ti/c2*1-8-4-3-5-9(2)10(8)11-6-7-12;4*1-3-2;;/h2*3-5,12H,6-7H2,1-2H3;4*1-2H3;;/q6*-1;2*+3. The molecule has 0 aliphatic heterocycles. The van der Waals surface area contributed by atoms with E-state index in [0.29, 0.717) is 13.1 Å². The molecule has 0 aliphatic carbocycles. The average molecular weight is 600 g/mol. The molecule has 38 heavy (non-hydrogen) atoms. The van der Waals surface area contributed by atoms with Crippen molar-refractivity contribution in [1.82, 2.24) is 0 Å². The molecular formula is C28H52N6O2Ti2. The van der Waals surface area contributed by atoms with Gasteiger partial charge in [0, 0.05) is 13.2 Å². The molecule has 2 rings (SSSR count). The Balaban J connectivity index is -0.0000000921. The summed E-state index contributed by atoms with van der Waals surface area (Å²) in [7, 11) is 14.0. The van der Waals surface area contributed by atoms with E-state index in [4.69, 9.17) is 10.2 Å². The van der Waals surface area contributed by atoms with Crippen molar-refractivity contribution in [1.29, 1.82) is 0 Å². The Kier molecular flexibility index (Phi) is 53.7. The van der Waals surface area contributed by atoms with Crippen LogP contribution in [-0.2, 0) is 43.4 Å². The molecule has 214 valence electrons. The molecule has 0 aliphatic rings. The summed E-state index contributed by atoms with van der Waals surface area (Å²) in [5, 5.41) is 39.8. The van der Waals surface area contributed by atoms with E-state index >= 15 is 0 Å². The summed E-state index contributed by atoms with van der Waals surface area (Å²) >= 11 is 0. The van der Waals surface area contributed by atoms with Gasteiger partial charge in [-0.15, -0.1) is 24.5 Å². The van der Waals surface area contributed by atoms with Gasteiger partial charge in [0.1, 0.15) is 0 Å². The molecule has 0 aromatic heterocycles. The Morgan fingerprint density at radius 1 is 0.474 bits per heavy atom. The molecule has 2 aromatic rings. The van der Waals surface area contributed by atoms with Gasteiger partial charge in [-0.2, -0.15) is 56.4 Å². The number of hydrogen-bond acceptors (Lipinski definition) is 2. The largest absolute Gasteiger partial charge is 3.00 e. The zero-order chi connectivity index (χ0) is 28.8. The van der Waals surface area contributed by atoms with Gasteiger partial charge in [0.15, 0.2) is 0 Å². The molecule has 0 spiro atoms. The second-order valence-corrected chi connectivity index (χ2v) is 7.48. The summed E-state index contributed by atoms with van der Waals surface area (Å²) in [5.74, 6) is 0. The molecule has 10 heteroatoms. The van der Waals surface area contributed by atoms with Crippen molar-refractivity contribution in [3.63, 3.8) is 0 Å². The van der Waals surface area contributed by atoms with Crippen molar-refractivity contribution in [2.75, 3.05) is 82.7 Å². The second-order valence-electron chi connectivity index (χ2n) is 7.48. The van der Waals surface area contributed by atoms with E-state index in [2.05, 4.69) is 31.9 Å². The van der Waals surface area contributed by atoms with Crippen LogP contribution in [0.15, 0.2) is 36.4 Å². The maximum Gasteiger partial charge on any atom is 3.00 e. The number of nitrogens with zero attached hydrogens (tertiary/aromatic N) is 6. The molecule has 0 atom stereocenters. The number of rotatable bonds is 6. The smallest absolute Gasteiger partial charge is 0.682 e. The first kappa shape index (κ1) is 50.1. The zero-order valence-corrected chi connectivity index (χ0v) is 29.0. The third-order valence-corrected chi connectivity index (χ3v) is 3.62. The van der Waals surface area contributed by atoms with Crippen molar-refractivity contribution in [2.45, 2.75) is 27.7 Å². The van der Waals surface area contributed by atoms with Crippen molar-refractivity contribution in [3.8, 4) is 0 Å². The van der Waals surface area contributed by atoms with Gasteiger partial charge >= 0.3 is 43.4 Å². The fourth-order valence-electron chi connectivity index (χ4n) is 2.43. The molecule has 2 radical (unpaired) electrons. The second kappa shape index (κ2) is 40.7. The normalized spacial score (nSPS) is 8.16. The van der Waals surface area contributed by atoms with Crippen LogP contribution >= 0.6 is 0 Å². The first-order chi connectivity index (χ1) is 17.2. The third-order valence-electron chi connectivity index (χ3n) is 3.62. The Morgan fingerprint density at radius 2 is 0.658 bits per heavy atom. The maximum absolute atomic E-state index is 8.62. The van der Waals surface area contributed by atoms with Crippen molar-refractivity contribution in [2.24, 2.45) is 0 Å². The number of hydrogen-bond donors (Lipinski definition) is 2. The summed E-state index contributed by atoms with van der Waals surface area (Å²) in [6, 6.07) is 12.2. The van der Waals surface area contributed by atoms with Crippen LogP contribution in [0.5, 0.6) is 0 Å². The van der Waals surface area contributed by atoms with Crippen LogP contribution in [-0.4, -0.2) is 92.9 Å². The fourth-order valence-corrected chi connectivity index (χ4v) is 2.43. The molecule has 0 fully saturated rings. The first-order valence-electron chi connectivity index (χ1n) is 11.8. The first-order valence-corrected chi connectivity index (χ1v) is 11.8. The Labute approximate surface area is 264 Å². The van der Waals surface area contributed by atoms with Crippen molar-refractivity contribution >= 4 is 11.4 Å². The third kappa shape index (κ3) is 33.3. The molecule has 0 heterocycles. The molecule has 2 aromatic carbocycles. The minimum atomic E-state index is 0. The number of para-hydroxylation sites is 2. The average Bonchev–Trinajstić information content (AvgIpc) is 2.81. The molecular weight excluding hydrogens is 548 g/mol. The van der Waals surface area contributed by atoms with E-state index in [9.17, 15) is 0 Å². The Hall–Kier alpha value is -0.771. The van der Waals surface area contributed by atoms with Crippen LogP contribution in [0.25, 0.3) is 31.9 Å². The van der Waals surface area contributed by atoms with E-state index in [-0.39, 0.29) is 56.6 Å². The van der Waals surface area contributed by atoms with E-state index < -0.39 is 0 Å². The topological polar surface area (TPSA) is 125 Å². The van der Waals surface area contributed by atoms with Gasteiger partial charge in [-0.25, -0.2) is 0 Å². The van der Waals surface area contributed by atoms with Gasteiger partial charge < -0.3 is 42.1 Å². The van der Waals surface area contributed by atoms with Crippen molar-refractivity contribution < 1.29 is 53.6 Å². The van der Waals surface area contributed by atoms with Crippen LogP contribution in [0, 0.1) is 27.7 Å². The summed E-state index contributed by atoms with van der Waals surface area (Å²) in [5.41, 5.74) is 6.72. The number of aliphatic hydroxyl groups excluding tert-OH is 2. The van der Waals surface area contributed by atoms with Crippen LogP contribution in [0.3, 0.4) is 0 Å². The van der Waals surface area contributed by atoms with E-state index in [1.54, 1.807) is 56.4 Å². The van der Waals surface area contributed by atoms with Gasteiger partial charge in [0.2, 0.25) is 0 Å². The predicted molar refractivity (Wildman–Crippen MR) is 163 cm³/mol. The van der Waals surface area contributed by atoms with Gasteiger partial charge in [-0.1, -0.05) is 58.7 Å². The number of aliphatic hydroxyl groups is 2. The molecule has 0 saturated heterocycles. The SMILES string of the molecule is C[N-]C.C[N-]C.C[N-]C.C[N-]C.Cc1cccc(C)c1[N-]CCO.Cc1cccc(C)c1[N-]CCO.[Ti+3].[Ti+3]. The van der Waals surface area contributed by atoms with Crippen LogP contribution in [0.1, 0.15) is 22.3 Å². The van der Waals surface area contributed by atoms with Crippen LogP contribution < -0.4 is 0 Å². The van der Waals surface area contributed by atoms with Gasteiger partial charge in [-0.05, 0) is 27.7 Å². The van der Waals surface area contributed by atoms with E-state index in [0.717, 1.165) is 11.4 Å². The molecule has 0 saturated carbocycles. The van der Waals surface area contributed by atoms with Crippen LogP contribution in [0.4, 0.5) is 11.4 Å². The van der Waals surface area contributed by atoms with Crippen LogP contribution in [0.2, 0.25) is 0 Å². The summed E-state index contributed by atoms with van der Waals surface area (Å²) in [6.07, 6.45) is 0. The quantitative estimate of drug-likeness (QED) is 0.344. The molecule has 0 bridgehead atoms. The van der Waals surface area contributed by atoms with Crippen molar-refractivity contribution in [3.05, 3.63) is 90.6 Å². The van der Waals surface area contributed by atoms with Gasteiger partial charge in [-0.3, -0.25) is 0 Å². The molecule has 0 unspecified atom stereocenters. The minimum Gasteiger partial charge on any atom is -0.682 e. The number of aryl methyl sites for hydroxylation is 4. The maximum atomic E-state index is 8.62. The Morgan fingerprint density at radius 3 is 0.816 bits per heavy atom. The molecule has 8 nitrogen and oxygen atoms in total.